The number of primary amides is 1. The Morgan fingerprint density at radius 2 is 1.91 bits per heavy atom. The number of nitrogens with two attached hydrogens (primary N) is 1. The summed E-state index contributed by atoms with van der Waals surface area (Å²) in [5, 5.41) is -0.207. The number of carbonyl (C=O) groups is 2. The van der Waals surface area contributed by atoms with Crippen molar-refractivity contribution in [1.29, 1.82) is 0 Å². The van der Waals surface area contributed by atoms with Crippen molar-refractivity contribution in [3.05, 3.63) is 34.6 Å². The SMILES string of the molecule is NC(=O)[C@@H]1CN(C(=O)c2ccc(Cl)c(F)c2)C[C@H]1C(F)(F)F. The molecule has 2 atom stereocenters. The number of carbonyl (C=O) groups excluding carboxylic acids is 2. The molecule has 1 aromatic carbocycles. The first-order valence-corrected chi connectivity index (χ1v) is 6.59. The van der Waals surface area contributed by atoms with Gasteiger partial charge in [-0.3, -0.25) is 9.59 Å². The molecule has 1 aliphatic rings. The van der Waals surface area contributed by atoms with Gasteiger partial charge in [-0.2, -0.15) is 13.2 Å². The molecule has 1 fully saturated rings. The molecule has 4 nitrogen and oxygen atoms in total. The molecule has 2 rings (SSSR count). The van der Waals surface area contributed by atoms with Gasteiger partial charge in [-0.15, -0.1) is 0 Å². The maximum atomic E-state index is 13.3. The molecule has 0 bridgehead atoms. The molecule has 0 aliphatic carbocycles. The van der Waals surface area contributed by atoms with E-state index in [1.165, 1.54) is 6.07 Å². The summed E-state index contributed by atoms with van der Waals surface area (Å²) in [6.07, 6.45) is -4.65. The van der Waals surface area contributed by atoms with Crippen LogP contribution in [0.4, 0.5) is 17.6 Å². The summed E-state index contributed by atoms with van der Waals surface area (Å²) in [6, 6.07) is 3.17. The fraction of sp³-hybridized carbons (Fsp3) is 0.385. The molecule has 0 unspecified atom stereocenters. The molecular formula is C13H11ClF4N2O2. The van der Waals surface area contributed by atoms with Gasteiger partial charge in [-0.25, -0.2) is 4.39 Å². The normalized spacial score (nSPS) is 22.0. The highest BCUT2D eigenvalue weighted by molar-refractivity contribution is 6.30. The maximum Gasteiger partial charge on any atom is 0.394 e. The van der Waals surface area contributed by atoms with Gasteiger partial charge in [-0.05, 0) is 18.2 Å². The summed E-state index contributed by atoms with van der Waals surface area (Å²) in [7, 11) is 0. The van der Waals surface area contributed by atoms with Crippen molar-refractivity contribution < 1.29 is 27.2 Å². The van der Waals surface area contributed by atoms with Crippen LogP contribution in [0.5, 0.6) is 0 Å². The fourth-order valence-electron chi connectivity index (χ4n) is 2.40. The van der Waals surface area contributed by atoms with Crippen LogP contribution in [0, 0.1) is 17.7 Å². The highest BCUT2D eigenvalue weighted by Crippen LogP contribution is 2.38. The van der Waals surface area contributed by atoms with E-state index in [0.29, 0.717) is 0 Å². The van der Waals surface area contributed by atoms with E-state index in [4.69, 9.17) is 17.3 Å². The highest BCUT2D eigenvalue weighted by Gasteiger charge is 2.52. The molecule has 0 saturated carbocycles. The van der Waals surface area contributed by atoms with Crippen molar-refractivity contribution >= 4 is 23.4 Å². The van der Waals surface area contributed by atoms with Gasteiger partial charge in [0, 0.05) is 18.7 Å². The van der Waals surface area contributed by atoms with Crippen LogP contribution in [0.15, 0.2) is 18.2 Å². The molecule has 2 amide bonds. The first kappa shape index (κ1) is 16.5. The van der Waals surface area contributed by atoms with Gasteiger partial charge < -0.3 is 10.6 Å². The molecule has 2 N–H and O–H groups in total. The van der Waals surface area contributed by atoms with Crippen LogP contribution in [-0.2, 0) is 4.79 Å². The Morgan fingerprint density at radius 3 is 2.36 bits per heavy atom. The van der Waals surface area contributed by atoms with Crippen LogP contribution >= 0.6 is 11.6 Å². The molecule has 1 aliphatic heterocycles. The number of amides is 2. The molecule has 1 saturated heterocycles. The van der Waals surface area contributed by atoms with Crippen molar-refractivity contribution in [3.63, 3.8) is 0 Å². The van der Waals surface area contributed by atoms with E-state index in [1.807, 2.05) is 0 Å². The standard InChI is InChI=1S/C13H11ClF4N2O2/c14-9-2-1-6(3-10(9)15)12(22)20-4-7(11(19)21)8(5-20)13(16,17)18/h1-3,7-8H,4-5H2,(H2,19,21)/t7-,8-/m1/s1. The molecule has 9 heteroatoms. The van der Waals surface area contributed by atoms with Crippen LogP contribution in [-0.4, -0.2) is 36.0 Å². The van der Waals surface area contributed by atoms with Crippen molar-refractivity contribution in [2.75, 3.05) is 13.1 Å². The molecule has 1 heterocycles. The van der Waals surface area contributed by atoms with Gasteiger partial charge >= 0.3 is 6.18 Å². The Morgan fingerprint density at radius 1 is 1.27 bits per heavy atom. The molecule has 0 radical (unpaired) electrons. The molecule has 0 spiro atoms. The minimum atomic E-state index is -4.65. The minimum Gasteiger partial charge on any atom is -0.369 e. The van der Waals surface area contributed by atoms with E-state index in [0.717, 1.165) is 17.0 Å². The molecule has 22 heavy (non-hydrogen) atoms. The van der Waals surface area contributed by atoms with E-state index in [2.05, 4.69) is 0 Å². The number of halogens is 5. The third-order valence-corrected chi connectivity index (χ3v) is 3.87. The van der Waals surface area contributed by atoms with Crippen molar-refractivity contribution in [3.8, 4) is 0 Å². The zero-order valence-corrected chi connectivity index (χ0v) is 11.8. The zero-order chi connectivity index (χ0) is 16.7. The smallest absolute Gasteiger partial charge is 0.369 e. The predicted octanol–water partition coefficient (Wildman–Crippen LogP) is 2.21. The molecule has 0 aromatic heterocycles. The Labute approximate surface area is 127 Å². The molecule has 120 valence electrons. The Hall–Kier alpha value is -1.83. The first-order valence-electron chi connectivity index (χ1n) is 6.21. The lowest BCUT2D eigenvalue weighted by atomic mass is 9.95. The third kappa shape index (κ3) is 3.16. The maximum absolute atomic E-state index is 13.3. The quantitative estimate of drug-likeness (QED) is 0.840. The average molecular weight is 339 g/mol. The van der Waals surface area contributed by atoms with Gasteiger partial charge in [0.05, 0.1) is 16.9 Å². The number of alkyl halides is 3. The first-order chi connectivity index (χ1) is 10.1. The molecule has 1 aromatic rings. The van der Waals surface area contributed by atoms with Gasteiger partial charge in [-0.1, -0.05) is 11.6 Å². The van der Waals surface area contributed by atoms with Crippen LogP contribution in [0.25, 0.3) is 0 Å². The lowest BCUT2D eigenvalue weighted by Crippen LogP contribution is -2.37. The summed E-state index contributed by atoms with van der Waals surface area (Å²) in [4.78, 5) is 24.2. The van der Waals surface area contributed by atoms with E-state index < -0.39 is 48.7 Å². The average Bonchev–Trinajstić information content (AvgIpc) is 2.86. The predicted molar refractivity (Wildman–Crippen MR) is 69.5 cm³/mol. The summed E-state index contributed by atoms with van der Waals surface area (Å²) in [5.74, 6) is -6.33. The second-order valence-corrected chi connectivity index (χ2v) is 5.40. The van der Waals surface area contributed by atoms with E-state index >= 15 is 0 Å². The van der Waals surface area contributed by atoms with Crippen molar-refractivity contribution in [1.82, 2.24) is 4.90 Å². The number of nitrogens with zero attached hydrogens (tertiary/aromatic N) is 1. The van der Waals surface area contributed by atoms with Gasteiger partial charge in [0.2, 0.25) is 5.91 Å². The van der Waals surface area contributed by atoms with Crippen LogP contribution in [0.2, 0.25) is 5.02 Å². The summed E-state index contributed by atoms with van der Waals surface area (Å²) in [6.45, 7) is -1.15. The van der Waals surface area contributed by atoms with E-state index in [9.17, 15) is 27.2 Å². The topological polar surface area (TPSA) is 63.4 Å². The van der Waals surface area contributed by atoms with Gasteiger partial charge in [0.25, 0.3) is 5.91 Å². The Kier molecular flexibility index (Phi) is 4.32. The number of benzene rings is 1. The largest absolute Gasteiger partial charge is 0.394 e. The van der Waals surface area contributed by atoms with Crippen molar-refractivity contribution in [2.24, 2.45) is 17.6 Å². The second-order valence-electron chi connectivity index (χ2n) is 5.00. The lowest BCUT2D eigenvalue weighted by Gasteiger charge is -2.18. The Bertz CT molecular complexity index is 621. The van der Waals surface area contributed by atoms with Crippen LogP contribution in [0.1, 0.15) is 10.4 Å². The highest BCUT2D eigenvalue weighted by atomic mass is 35.5. The van der Waals surface area contributed by atoms with Gasteiger partial charge in [0.1, 0.15) is 5.82 Å². The minimum absolute atomic E-state index is 0.145. The zero-order valence-electron chi connectivity index (χ0n) is 11.0. The Balaban J connectivity index is 2.24. The van der Waals surface area contributed by atoms with Crippen molar-refractivity contribution in [2.45, 2.75) is 6.18 Å². The number of hydrogen-bond acceptors (Lipinski definition) is 2. The summed E-state index contributed by atoms with van der Waals surface area (Å²) < 4.78 is 52.1. The van der Waals surface area contributed by atoms with E-state index in [-0.39, 0.29) is 10.6 Å². The summed E-state index contributed by atoms with van der Waals surface area (Å²) >= 11 is 5.48. The fourth-order valence-corrected chi connectivity index (χ4v) is 2.52. The van der Waals surface area contributed by atoms with E-state index in [1.54, 1.807) is 0 Å². The second kappa shape index (κ2) is 5.75. The summed E-state index contributed by atoms with van der Waals surface area (Å²) in [5.41, 5.74) is 4.83. The van der Waals surface area contributed by atoms with Crippen LogP contribution < -0.4 is 5.73 Å². The van der Waals surface area contributed by atoms with Crippen LogP contribution in [0.3, 0.4) is 0 Å². The monoisotopic (exact) mass is 338 g/mol. The lowest BCUT2D eigenvalue weighted by molar-refractivity contribution is -0.182. The van der Waals surface area contributed by atoms with Gasteiger partial charge in [0.15, 0.2) is 0 Å². The molecular weight excluding hydrogens is 328 g/mol. The third-order valence-electron chi connectivity index (χ3n) is 3.56. The number of hydrogen-bond donors (Lipinski definition) is 1. The number of likely N-dealkylation sites (tertiary alicyclic amines) is 1. The number of rotatable bonds is 2.